The molecule has 5 heteroatoms. The lowest BCUT2D eigenvalue weighted by Gasteiger charge is -2.27. The van der Waals surface area contributed by atoms with E-state index in [-0.39, 0.29) is 5.91 Å². The van der Waals surface area contributed by atoms with Crippen LogP contribution in [0.15, 0.2) is 0 Å². The van der Waals surface area contributed by atoms with Crippen LogP contribution >= 0.6 is 0 Å². The van der Waals surface area contributed by atoms with E-state index in [4.69, 9.17) is 0 Å². The molecule has 0 saturated carbocycles. The molecule has 1 saturated heterocycles. The number of rotatable bonds is 6. The van der Waals surface area contributed by atoms with Crippen LogP contribution in [0, 0.1) is 0 Å². The average molecular weight is 243 g/mol. The SMILES string of the molecule is CCCC(C)(O)CNC(=O)CN1CCNCC1. The maximum atomic E-state index is 11.7. The Kier molecular flexibility index (Phi) is 5.88. The lowest BCUT2D eigenvalue weighted by atomic mass is 10.0. The number of carbonyl (C=O) groups excluding carboxylic acids is 1. The minimum atomic E-state index is -0.784. The summed E-state index contributed by atoms with van der Waals surface area (Å²) >= 11 is 0. The zero-order chi connectivity index (χ0) is 12.7. The zero-order valence-electron chi connectivity index (χ0n) is 11.0. The van der Waals surface area contributed by atoms with Gasteiger partial charge in [-0.05, 0) is 13.3 Å². The minimum absolute atomic E-state index is 0.00304. The second-order valence-corrected chi connectivity index (χ2v) is 5.05. The minimum Gasteiger partial charge on any atom is -0.388 e. The van der Waals surface area contributed by atoms with Crippen LogP contribution < -0.4 is 10.6 Å². The van der Waals surface area contributed by atoms with E-state index in [0.717, 1.165) is 32.6 Å². The predicted molar refractivity (Wildman–Crippen MR) is 67.9 cm³/mol. The lowest BCUT2D eigenvalue weighted by molar-refractivity contribution is -0.123. The van der Waals surface area contributed by atoms with Gasteiger partial charge in [-0.3, -0.25) is 9.69 Å². The van der Waals surface area contributed by atoms with Gasteiger partial charge in [-0.2, -0.15) is 0 Å². The molecular weight excluding hydrogens is 218 g/mol. The molecule has 1 amide bonds. The van der Waals surface area contributed by atoms with E-state index in [1.165, 1.54) is 0 Å². The molecule has 1 unspecified atom stereocenters. The van der Waals surface area contributed by atoms with E-state index in [2.05, 4.69) is 15.5 Å². The maximum Gasteiger partial charge on any atom is 0.234 e. The van der Waals surface area contributed by atoms with Gasteiger partial charge in [0.25, 0.3) is 0 Å². The van der Waals surface area contributed by atoms with Gasteiger partial charge < -0.3 is 15.7 Å². The van der Waals surface area contributed by atoms with Crippen molar-refractivity contribution in [3.05, 3.63) is 0 Å². The van der Waals surface area contributed by atoms with E-state index in [0.29, 0.717) is 19.5 Å². The van der Waals surface area contributed by atoms with Gasteiger partial charge >= 0.3 is 0 Å². The van der Waals surface area contributed by atoms with Crippen molar-refractivity contribution in [1.82, 2.24) is 15.5 Å². The monoisotopic (exact) mass is 243 g/mol. The third-order valence-electron chi connectivity index (χ3n) is 3.03. The Morgan fingerprint density at radius 3 is 2.71 bits per heavy atom. The van der Waals surface area contributed by atoms with E-state index in [1.54, 1.807) is 6.92 Å². The van der Waals surface area contributed by atoms with Crippen molar-refractivity contribution in [3.8, 4) is 0 Å². The third-order valence-corrected chi connectivity index (χ3v) is 3.03. The summed E-state index contributed by atoms with van der Waals surface area (Å²) in [4.78, 5) is 13.8. The van der Waals surface area contributed by atoms with Crippen molar-refractivity contribution in [2.24, 2.45) is 0 Å². The Morgan fingerprint density at radius 1 is 1.47 bits per heavy atom. The molecule has 0 aromatic carbocycles. The van der Waals surface area contributed by atoms with Crippen LogP contribution in [-0.4, -0.2) is 60.8 Å². The summed E-state index contributed by atoms with van der Waals surface area (Å²) < 4.78 is 0. The maximum absolute atomic E-state index is 11.7. The lowest BCUT2D eigenvalue weighted by Crippen LogP contribution is -2.49. The molecule has 17 heavy (non-hydrogen) atoms. The van der Waals surface area contributed by atoms with E-state index in [1.807, 2.05) is 6.92 Å². The normalized spacial score (nSPS) is 20.9. The standard InChI is InChI=1S/C12H25N3O2/c1-3-4-12(2,17)10-14-11(16)9-15-7-5-13-6-8-15/h13,17H,3-10H2,1-2H3,(H,14,16). The first-order chi connectivity index (χ1) is 8.03. The largest absolute Gasteiger partial charge is 0.388 e. The zero-order valence-corrected chi connectivity index (χ0v) is 11.0. The van der Waals surface area contributed by atoms with Gasteiger partial charge in [-0.15, -0.1) is 0 Å². The number of aliphatic hydroxyl groups is 1. The molecule has 1 heterocycles. The Hall–Kier alpha value is -0.650. The fourth-order valence-electron chi connectivity index (χ4n) is 2.04. The fraction of sp³-hybridized carbons (Fsp3) is 0.917. The van der Waals surface area contributed by atoms with E-state index >= 15 is 0 Å². The number of amides is 1. The summed E-state index contributed by atoms with van der Waals surface area (Å²) in [6.45, 7) is 8.29. The highest BCUT2D eigenvalue weighted by Gasteiger charge is 2.20. The van der Waals surface area contributed by atoms with Crippen LogP contribution in [0.5, 0.6) is 0 Å². The van der Waals surface area contributed by atoms with Crippen molar-refractivity contribution in [2.75, 3.05) is 39.3 Å². The topological polar surface area (TPSA) is 64.6 Å². The van der Waals surface area contributed by atoms with Gasteiger partial charge in [0.1, 0.15) is 0 Å². The molecule has 0 aliphatic carbocycles. The van der Waals surface area contributed by atoms with Crippen molar-refractivity contribution in [3.63, 3.8) is 0 Å². The molecule has 0 radical (unpaired) electrons. The molecule has 1 fully saturated rings. The highest BCUT2D eigenvalue weighted by Crippen LogP contribution is 2.09. The van der Waals surface area contributed by atoms with Gasteiger partial charge in [0.2, 0.25) is 5.91 Å². The highest BCUT2D eigenvalue weighted by molar-refractivity contribution is 5.78. The number of nitrogens with zero attached hydrogens (tertiary/aromatic N) is 1. The molecule has 5 nitrogen and oxygen atoms in total. The summed E-state index contributed by atoms with van der Waals surface area (Å²) in [6.07, 6.45) is 1.63. The van der Waals surface area contributed by atoms with Crippen molar-refractivity contribution in [2.45, 2.75) is 32.3 Å². The summed E-state index contributed by atoms with van der Waals surface area (Å²) in [5.41, 5.74) is -0.784. The van der Waals surface area contributed by atoms with Gasteiger partial charge in [0, 0.05) is 32.7 Å². The second kappa shape index (κ2) is 6.93. The van der Waals surface area contributed by atoms with Crippen LogP contribution in [-0.2, 0) is 4.79 Å². The van der Waals surface area contributed by atoms with Gasteiger partial charge in [-0.1, -0.05) is 13.3 Å². The number of carbonyl (C=O) groups is 1. The molecule has 100 valence electrons. The van der Waals surface area contributed by atoms with Crippen molar-refractivity contribution < 1.29 is 9.90 Å². The summed E-state index contributed by atoms with van der Waals surface area (Å²) in [7, 11) is 0. The first-order valence-electron chi connectivity index (χ1n) is 6.45. The van der Waals surface area contributed by atoms with Crippen molar-refractivity contribution >= 4 is 5.91 Å². The molecule has 0 bridgehead atoms. The first kappa shape index (κ1) is 14.4. The molecule has 0 spiro atoms. The summed E-state index contributed by atoms with van der Waals surface area (Å²) in [6, 6.07) is 0. The van der Waals surface area contributed by atoms with Crippen LogP contribution in [0.1, 0.15) is 26.7 Å². The average Bonchev–Trinajstić information content (AvgIpc) is 2.28. The Labute approximate surface area is 104 Å². The summed E-state index contributed by atoms with van der Waals surface area (Å²) in [5, 5.41) is 16.0. The molecule has 0 aromatic rings. The first-order valence-corrected chi connectivity index (χ1v) is 6.45. The molecule has 1 aliphatic rings. The van der Waals surface area contributed by atoms with Crippen LogP contribution in [0.3, 0.4) is 0 Å². The number of hydrogen-bond donors (Lipinski definition) is 3. The fourth-order valence-corrected chi connectivity index (χ4v) is 2.04. The number of hydrogen-bond acceptors (Lipinski definition) is 4. The van der Waals surface area contributed by atoms with E-state index in [9.17, 15) is 9.90 Å². The molecule has 0 aromatic heterocycles. The third kappa shape index (κ3) is 6.00. The van der Waals surface area contributed by atoms with Crippen LogP contribution in [0.4, 0.5) is 0 Å². The van der Waals surface area contributed by atoms with Crippen LogP contribution in [0.25, 0.3) is 0 Å². The smallest absolute Gasteiger partial charge is 0.234 e. The Balaban J connectivity index is 2.20. The number of nitrogens with one attached hydrogen (secondary N) is 2. The number of piperazine rings is 1. The highest BCUT2D eigenvalue weighted by atomic mass is 16.3. The Morgan fingerprint density at radius 2 is 2.12 bits per heavy atom. The molecule has 1 atom stereocenters. The van der Waals surface area contributed by atoms with E-state index < -0.39 is 5.60 Å². The van der Waals surface area contributed by atoms with Crippen LogP contribution in [0.2, 0.25) is 0 Å². The molecular formula is C12H25N3O2. The van der Waals surface area contributed by atoms with Gasteiger partial charge in [-0.25, -0.2) is 0 Å². The van der Waals surface area contributed by atoms with Gasteiger partial charge in [0.05, 0.1) is 12.1 Å². The molecule has 1 rings (SSSR count). The quantitative estimate of drug-likeness (QED) is 0.592. The molecule has 1 aliphatic heterocycles. The Bertz CT molecular complexity index is 238. The second-order valence-electron chi connectivity index (χ2n) is 5.05. The van der Waals surface area contributed by atoms with Crippen molar-refractivity contribution in [1.29, 1.82) is 0 Å². The summed E-state index contributed by atoms with van der Waals surface area (Å²) in [5.74, 6) is 0.00304. The molecule has 3 N–H and O–H groups in total. The predicted octanol–water partition coefficient (Wildman–Crippen LogP) is -0.441. The van der Waals surface area contributed by atoms with Gasteiger partial charge in [0.15, 0.2) is 0 Å².